The minimum atomic E-state index is 0.00111. The van der Waals surface area contributed by atoms with Crippen LogP contribution in [0.5, 0.6) is 0 Å². The van der Waals surface area contributed by atoms with E-state index in [1.165, 1.54) is 11.1 Å². The molecule has 0 aliphatic rings. The van der Waals surface area contributed by atoms with Gasteiger partial charge in [-0.25, -0.2) is 0 Å². The average Bonchev–Trinajstić information content (AvgIpc) is 2.76. The van der Waals surface area contributed by atoms with Crippen LogP contribution in [0.3, 0.4) is 0 Å². The summed E-state index contributed by atoms with van der Waals surface area (Å²) in [5.74, 6) is 1.66. The van der Waals surface area contributed by atoms with Crippen molar-refractivity contribution >= 4 is 5.69 Å². The number of nitrogens with one attached hydrogen (secondary N) is 1. The number of hydrogen-bond donors (Lipinski definition) is 1. The molecule has 1 unspecified atom stereocenters. The van der Waals surface area contributed by atoms with Crippen molar-refractivity contribution in [1.82, 2.24) is 10.1 Å². The highest BCUT2D eigenvalue weighted by Gasteiger charge is 2.15. The Balaban J connectivity index is 2.13. The summed E-state index contributed by atoms with van der Waals surface area (Å²) in [6.45, 7) is 10.3. The van der Waals surface area contributed by atoms with Gasteiger partial charge in [-0.05, 0) is 44.0 Å². The van der Waals surface area contributed by atoms with Crippen molar-refractivity contribution in [2.45, 2.75) is 46.6 Å². The van der Waals surface area contributed by atoms with Crippen molar-refractivity contribution in [2.24, 2.45) is 0 Å². The molecule has 1 aromatic carbocycles. The summed E-state index contributed by atoms with van der Waals surface area (Å²) in [7, 11) is 0. The van der Waals surface area contributed by atoms with Crippen molar-refractivity contribution in [1.29, 1.82) is 0 Å². The highest BCUT2D eigenvalue weighted by atomic mass is 16.5. The second-order valence-electron chi connectivity index (χ2n) is 5.39. The second-order valence-corrected chi connectivity index (χ2v) is 5.39. The standard InChI is InChI=1S/C15H21N3O/c1-9(2)14-17-15(19-18-14)12(5)16-13-7-10(3)6-11(4)8-13/h6-9,12,16H,1-5H3. The molecule has 0 spiro atoms. The van der Waals surface area contributed by atoms with Gasteiger partial charge in [0.25, 0.3) is 0 Å². The molecule has 0 saturated carbocycles. The lowest BCUT2D eigenvalue weighted by Gasteiger charge is -2.12. The maximum atomic E-state index is 5.30. The Morgan fingerprint density at radius 2 is 1.68 bits per heavy atom. The molecule has 1 N–H and O–H groups in total. The van der Waals surface area contributed by atoms with Crippen LogP contribution in [0.1, 0.15) is 55.6 Å². The van der Waals surface area contributed by atoms with Crippen molar-refractivity contribution < 1.29 is 4.52 Å². The minimum absolute atomic E-state index is 0.00111. The fourth-order valence-corrected chi connectivity index (χ4v) is 2.03. The molecule has 0 aliphatic carbocycles. The molecule has 1 heterocycles. The van der Waals surface area contributed by atoms with Crippen LogP contribution in [0.2, 0.25) is 0 Å². The van der Waals surface area contributed by atoms with Gasteiger partial charge in [0.05, 0.1) is 0 Å². The molecular weight excluding hydrogens is 238 g/mol. The Kier molecular flexibility index (Phi) is 3.88. The van der Waals surface area contributed by atoms with Crippen molar-refractivity contribution in [2.75, 3.05) is 5.32 Å². The van der Waals surface area contributed by atoms with E-state index >= 15 is 0 Å². The maximum absolute atomic E-state index is 5.30. The lowest BCUT2D eigenvalue weighted by atomic mass is 10.1. The maximum Gasteiger partial charge on any atom is 0.248 e. The van der Waals surface area contributed by atoms with Crippen molar-refractivity contribution in [3.63, 3.8) is 0 Å². The van der Waals surface area contributed by atoms with Crippen LogP contribution in [0.15, 0.2) is 22.7 Å². The largest absolute Gasteiger partial charge is 0.374 e. The highest BCUT2D eigenvalue weighted by Crippen LogP contribution is 2.21. The van der Waals surface area contributed by atoms with E-state index in [0.717, 1.165) is 11.5 Å². The Labute approximate surface area is 114 Å². The number of hydrogen-bond acceptors (Lipinski definition) is 4. The molecule has 2 rings (SSSR count). The summed E-state index contributed by atoms with van der Waals surface area (Å²) in [4.78, 5) is 4.41. The normalized spacial score (nSPS) is 12.7. The van der Waals surface area contributed by atoms with E-state index < -0.39 is 0 Å². The Hall–Kier alpha value is -1.84. The minimum Gasteiger partial charge on any atom is -0.374 e. The molecule has 0 bridgehead atoms. The quantitative estimate of drug-likeness (QED) is 0.902. The molecule has 0 fully saturated rings. The molecule has 4 heteroatoms. The molecule has 0 amide bonds. The highest BCUT2D eigenvalue weighted by molar-refractivity contribution is 5.49. The zero-order valence-electron chi connectivity index (χ0n) is 12.2. The van der Waals surface area contributed by atoms with Crippen LogP contribution >= 0.6 is 0 Å². The van der Waals surface area contributed by atoms with Gasteiger partial charge in [0.1, 0.15) is 6.04 Å². The summed E-state index contributed by atoms with van der Waals surface area (Å²) in [6.07, 6.45) is 0. The van der Waals surface area contributed by atoms with Gasteiger partial charge >= 0.3 is 0 Å². The van der Waals surface area contributed by atoms with Crippen LogP contribution in [0.4, 0.5) is 5.69 Å². The Morgan fingerprint density at radius 3 is 2.21 bits per heavy atom. The first-order chi connectivity index (χ1) is 8.95. The van der Waals surface area contributed by atoms with E-state index in [1.807, 2.05) is 6.92 Å². The number of benzene rings is 1. The van der Waals surface area contributed by atoms with E-state index in [-0.39, 0.29) is 12.0 Å². The van der Waals surface area contributed by atoms with E-state index in [2.05, 4.69) is 61.4 Å². The topological polar surface area (TPSA) is 51.0 Å². The first kappa shape index (κ1) is 13.6. The third-order valence-corrected chi connectivity index (χ3v) is 2.95. The molecule has 19 heavy (non-hydrogen) atoms. The van der Waals surface area contributed by atoms with Gasteiger partial charge in [-0.1, -0.05) is 25.1 Å². The Bertz CT molecular complexity index is 540. The molecule has 4 nitrogen and oxygen atoms in total. The number of nitrogens with zero attached hydrogens (tertiary/aromatic N) is 2. The fraction of sp³-hybridized carbons (Fsp3) is 0.467. The van der Waals surface area contributed by atoms with Crippen LogP contribution in [0.25, 0.3) is 0 Å². The van der Waals surface area contributed by atoms with E-state index in [0.29, 0.717) is 5.89 Å². The molecule has 0 aliphatic heterocycles. The van der Waals surface area contributed by atoms with Crippen LogP contribution < -0.4 is 5.32 Å². The summed E-state index contributed by atoms with van der Waals surface area (Å²) in [5.41, 5.74) is 3.56. The molecule has 0 saturated heterocycles. The monoisotopic (exact) mass is 259 g/mol. The summed E-state index contributed by atoms with van der Waals surface area (Å²) in [6, 6.07) is 6.38. The van der Waals surface area contributed by atoms with Crippen LogP contribution in [0, 0.1) is 13.8 Å². The number of aromatic nitrogens is 2. The van der Waals surface area contributed by atoms with E-state index in [1.54, 1.807) is 0 Å². The van der Waals surface area contributed by atoms with Gasteiger partial charge in [0, 0.05) is 11.6 Å². The number of anilines is 1. The van der Waals surface area contributed by atoms with E-state index in [9.17, 15) is 0 Å². The van der Waals surface area contributed by atoms with E-state index in [4.69, 9.17) is 4.52 Å². The summed E-state index contributed by atoms with van der Waals surface area (Å²) in [5, 5.41) is 7.38. The molecular formula is C15H21N3O. The summed E-state index contributed by atoms with van der Waals surface area (Å²) < 4.78 is 5.30. The van der Waals surface area contributed by atoms with Crippen molar-refractivity contribution in [3.8, 4) is 0 Å². The predicted molar refractivity (Wildman–Crippen MR) is 76.3 cm³/mol. The lowest BCUT2D eigenvalue weighted by molar-refractivity contribution is 0.361. The first-order valence-corrected chi connectivity index (χ1v) is 6.64. The zero-order valence-corrected chi connectivity index (χ0v) is 12.2. The van der Waals surface area contributed by atoms with Gasteiger partial charge in [-0.3, -0.25) is 0 Å². The third-order valence-electron chi connectivity index (χ3n) is 2.95. The second kappa shape index (κ2) is 5.43. The first-order valence-electron chi connectivity index (χ1n) is 6.64. The Morgan fingerprint density at radius 1 is 1.05 bits per heavy atom. The van der Waals surface area contributed by atoms with Crippen LogP contribution in [-0.4, -0.2) is 10.1 Å². The lowest BCUT2D eigenvalue weighted by Crippen LogP contribution is -2.07. The molecule has 0 radical (unpaired) electrons. The predicted octanol–water partition coefficient (Wildman–Crippen LogP) is 3.98. The SMILES string of the molecule is Cc1cc(C)cc(NC(C)c2nc(C(C)C)no2)c1. The van der Waals surface area contributed by atoms with Gasteiger partial charge in [0.2, 0.25) is 5.89 Å². The third kappa shape index (κ3) is 3.34. The zero-order chi connectivity index (χ0) is 14.0. The summed E-state index contributed by atoms with van der Waals surface area (Å²) >= 11 is 0. The van der Waals surface area contributed by atoms with Gasteiger partial charge in [-0.2, -0.15) is 4.98 Å². The molecule has 102 valence electrons. The molecule has 1 atom stereocenters. The average molecular weight is 259 g/mol. The fourth-order valence-electron chi connectivity index (χ4n) is 2.03. The number of rotatable bonds is 4. The molecule has 2 aromatic rings. The van der Waals surface area contributed by atoms with Crippen LogP contribution in [-0.2, 0) is 0 Å². The number of aryl methyl sites for hydroxylation is 2. The molecule has 1 aromatic heterocycles. The van der Waals surface area contributed by atoms with Gasteiger partial charge in [0.15, 0.2) is 5.82 Å². The van der Waals surface area contributed by atoms with Crippen molar-refractivity contribution in [3.05, 3.63) is 41.0 Å². The smallest absolute Gasteiger partial charge is 0.248 e. The van der Waals surface area contributed by atoms with Gasteiger partial charge in [-0.15, -0.1) is 0 Å². The van der Waals surface area contributed by atoms with Gasteiger partial charge < -0.3 is 9.84 Å².